The van der Waals surface area contributed by atoms with Crippen molar-refractivity contribution in [1.82, 2.24) is 29.6 Å². The molecule has 1 saturated carbocycles. The Hall–Kier alpha value is -2.55. The molecular formula is C18H19F2N7O3S2. The predicted octanol–water partition coefficient (Wildman–Crippen LogP) is 1.56. The first-order chi connectivity index (χ1) is 15.2. The minimum Gasteiger partial charge on any atom is -0.308 e. The smallest absolute Gasteiger partial charge is 0.291 e. The van der Waals surface area contributed by atoms with Crippen LogP contribution in [0.4, 0.5) is 14.5 Å². The maximum atomic E-state index is 13.1. The fraction of sp³-hybridized carbons (Fsp3) is 0.444. The van der Waals surface area contributed by atoms with E-state index in [9.17, 15) is 22.0 Å². The molecule has 4 heterocycles. The second-order valence-corrected chi connectivity index (χ2v) is 10.7. The number of piperazine rings is 1. The van der Waals surface area contributed by atoms with Gasteiger partial charge >= 0.3 is 0 Å². The summed E-state index contributed by atoms with van der Waals surface area (Å²) in [5.41, 5.74) is 0.334. The largest absolute Gasteiger partial charge is 0.308 e. The minimum absolute atomic E-state index is 0.0580. The third-order valence-corrected chi connectivity index (χ3v) is 8.02. The maximum absolute atomic E-state index is 13.1. The maximum Gasteiger partial charge on any atom is 0.291 e. The molecule has 2 aliphatic rings. The van der Waals surface area contributed by atoms with Crippen LogP contribution in [0.25, 0.3) is 16.3 Å². The van der Waals surface area contributed by atoms with Crippen molar-refractivity contribution in [2.24, 2.45) is 0 Å². The Balaban J connectivity index is 1.69. The SMILES string of the molecule is CC1(NS(=O)(=O)c2cc(N3CCNCC3=O)c3cnc(-c4nnc(C(F)F)s4)n3c2)CC1. The highest BCUT2D eigenvalue weighted by atomic mass is 32.2. The van der Waals surface area contributed by atoms with Gasteiger partial charge in [0.1, 0.15) is 4.90 Å². The van der Waals surface area contributed by atoms with Crippen LogP contribution in [0.3, 0.4) is 0 Å². The average molecular weight is 484 g/mol. The van der Waals surface area contributed by atoms with Crippen LogP contribution in [0, 0.1) is 0 Å². The van der Waals surface area contributed by atoms with Crippen LogP contribution in [0.15, 0.2) is 23.4 Å². The Morgan fingerprint density at radius 2 is 2.09 bits per heavy atom. The van der Waals surface area contributed by atoms with E-state index in [1.54, 1.807) is 0 Å². The van der Waals surface area contributed by atoms with Crippen molar-refractivity contribution in [3.8, 4) is 10.8 Å². The van der Waals surface area contributed by atoms with Gasteiger partial charge < -0.3 is 10.2 Å². The number of amides is 1. The lowest BCUT2D eigenvalue weighted by molar-refractivity contribution is -0.118. The van der Waals surface area contributed by atoms with Crippen LogP contribution in [-0.2, 0) is 14.8 Å². The number of carbonyl (C=O) groups is 1. The van der Waals surface area contributed by atoms with E-state index >= 15 is 0 Å². The number of sulfonamides is 1. The summed E-state index contributed by atoms with van der Waals surface area (Å²) in [6.45, 7) is 2.83. The Bertz CT molecular complexity index is 1320. The zero-order valence-electron chi connectivity index (χ0n) is 16.9. The van der Waals surface area contributed by atoms with Gasteiger partial charge in [-0.3, -0.25) is 9.20 Å². The third kappa shape index (κ3) is 3.76. The molecule has 2 fully saturated rings. The van der Waals surface area contributed by atoms with E-state index in [1.165, 1.54) is 27.8 Å². The fourth-order valence-electron chi connectivity index (χ4n) is 3.52. The Kier molecular flexibility index (Phi) is 5.00. The number of alkyl halides is 2. The molecule has 0 radical (unpaired) electrons. The molecule has 14 heteroatoms. The molecule has 0 bridgehead atoms. The molecule has 3 aromatic rings. The summed E-state index contributed by atoms with van der Waals surface area (Å²) < 4.78 is 56.4. The van der Waals surface area contributed by atoms with Gasteiger partial charge in [0.2, 0.25) is 15.9 Å². The van der Waals surface area contributed by atoms with Crippen LogP contribution in [0.2, 0.25) is 0 Å². The average Bonchev–Trinajstić information content (AvgIpc) is 3.14. The monoisotopic (exact) mass is 483 g/mol. The van der Waals surface area contributed by atoms with Crippen LogP contribution < -0.4 is 14.9 Å². The fourth-order valence-corrected chi connectivity index (χ4v) is 5.70. The number of imidazole rings is 1. The molecule has 1 amide bonds. The topological polar surface area (TPSA) is 122 Å². The van der Waals surface area contributed by atoms with Crippen molar-refractivity contribution in [3.63, 3.8) is 0 Å². The Morgan fingerprint density at radius 1 is 1.31 bits per heavy atom. The van der Waals surface area contributed by atoms with Crippen LogP contribution in [-0.4, -0.2) is 59.1 Å². The lowest BCUT2D eigenvalue weighted by atomic mass is 10.2. The number of pyridine rings is 1. The first kappa shape index (κ1) is 21.3. The molecule has 0 spiro atoms. The van der Waals surface area contributed by atoms with Crippen molar-refractivity contribution in [2.75, 3.05) is 24.5 Å². The van der Waals surface area contributed by atoms with Gasteiger partial charge in [-0.1, -0.05) is 11.3 Å². The van der Waals surface area contributed by atoms with Crippen molar-refractivity contribution in [1.29, 1.82) is 0 Å². The summed E-state index contributed by atoms with van der Waals surface area (Å²) in [5, 5.41) is 9.93. The minimum atomic E-state index is -3.92. The van der Waals surface area contributed by atoms with E-state index in [-0.39, 0.29) is 28.2 Å². The summed E-state index contributed by atoms with van der Waals surface area (Å²) >= 11 is 0.678. The number of halogens is 2. The van der Waals surface area contributed by atoms with Gasteiger partial charge in [0.25, 0.3) is 6.43 Å². The van der Waals surface area contributed by atoms with E-state index in [2.05, 4.69) is 25.2 Å². The second-order valence-electron chi connectivity index (χ2n) is 8.03. The molecule has 1 aliphatic carbocycles. The number of hydrogen-bond donors (Lipinski definition) is 2. The van der Waals surface area contributed by atoms with E-state index in [1.807, 2.05) is 6.92 Å². The highest BCUT2D eigenvalue weighted by Gasteiger charge is 2.41. The molecule has 10 nitrogen and oxygen atoms in total. The highest BCUT2D eigenvalue weighted by Crippen LogP contribution is 2.37. The Morgan fingerprint density at radius 3 is 2.75 bits per heavy atom. The molecule has 0 unspecified atom stereocenters. The second kappa shape index (κ2) is 7.50. The van der Waals surface area contributed by atoms with Gasteiger partial charge in [-0.05, 0) is 25.8 Å². The van der Waals surface area contributed by atoms with Gasteiger partial charge in [0.05, 0.1) is 23.9 Å². The molecular weight excluding hydrogens is 464 g/mol. The number of fused-ring (bicyclic) bond motifs is 1. The number of nitrogens with one attached hydrogen (secondary N) is 2. The molecule has 0 aromatic carbocycles. The highest BCUT2D eigenvalue weighted by molar-refractivity contribution is 7.89. The molecule has 1 saturated heterocycles. The van der Waals surface area contributed by atoms with Crippen molar-refractivity contribution in [3.05, 3.63) is 23.5 Å². The zero-order valence-corrected chi connectivity index (χ0v) is 18.5. The van der Waals surface area contributed by atoms with E-state index < -0.39 is 27.0 Å². The zero-order chi connectivity index (χ0) is 22.7. The normalized spacial score (nSPS) is 18.6. The van der Waals surface area contributed by atoms with Gasteiger partial charge in [0, 0.05) is 24.8 Å². The first-order valence-corrected chi connectivity index (χ1v) is 12.1. The van der Waals surface area contributed by atoms with Gasteiger partial charge in [-0.15, -0.1) is 10.2 Å². The van der Waals surface area contributed by atoms with Crippen LogP contribution in [0.1, 0.15) is 31.2 Å². The molecule has 32 heavy (non-hydrogen) atoms. The van der Waals surface area contributed by atoms with E-state index in [4.69, 9.17) is 0 Å². The number of rotatable bonds is 6. The van der Waals surface area contributed by atoms with Gasteiger partial charge in [-0.25, -0.2) is 26.9 Å². The first-order valence-electron chi connectivity index (χ1n) is 9.85. The molecule has 170 valence electrons. The summed E-state index contributed by atoms with van der Waals surface area (Å²) in [5.74, 6) is -0.0450. The van der Waals surface area contributed by atoms with Crippen molar-refractivity contribution < 1.29 is 22.0 Å². The van der Waals surface area contributed by atoms with Gasteiger partial charge in [-0.2, -0.15) is 0 Å². The van der Waals surface area contributed by atoms with Crippen LogP contribution in [0.5, 0.6) is 0 Å². The summed E-state index contributed by atoms with van der Waals surface area (Å²) in [6, 6.07) is 1.45. The predicted molar refractivity (Wildman–Crippen MR) is 112 cm³/mol. The third-order valence-electron chi connectivity index (χ3n) is 5.48. The molecule has 1 aliphatic heterocycles. The Labute approximate surface area is 185 Å². The quantitative estimate of drug-likeness (QED) is 0.546. The van der Waals surface area contributed by atoms with Crippen molar-refractivity contribution >= 4 is 38.5 Å². The summed E-state index contributed by atoms with van der Waals surface area (Å²) in [4.78, 5) is 18.3. The molecule has 2 N–H and O–H groups in total. The molecule has 5 rings (SSSR count). The molecule has 3 aromatic heterocycles. The van der Waals surface area contributed by atoms with Crippen LogP contribution >= 0.6 is 11.3 Å². The number of nitrogens with zero attached hydrogens (tertiary/aromatic N) is 5. The van der Waals surface area contributed by atoms with E-state index in [0.717, 1.165) is 12.8 Å². The lowest BCUT2D eigenvalue weighted by Crippen LogP contribution is -2.48. The standard InChI is InChI=1S/C18H19F2N7O3S2/c1-18(2-3-18)25-32(29,30)10-6-11(26-5-4-21-8-13(26)28)12-7-22-15(27(12)9-10)17-24-23-16(31-17)14(19)20/h6-7,9,14,21,25H,2-5,8H2,1H3. The summed E-state index contributed by atoms with van der Waals surface area (Å²) in [7, 11) is -3.92. The molecule has 0 atom stereocenters. The van der Waals surface area contributed by atoms with E-state index in [0.29, 0.717) is 35.6 Å². The van der Waals surface area contributed by atoms with Crippen molar-refractivity contribution in [2.45, 2.75) is 36.6 Å². The number of anilines is 1. The number of carbonyl (C=O) groups excluding carboxylic acids is 1. The number of aromatic nitrogens is 4. The van der Waals surface area contributed by atoms with Gasteiger partial charge in [0.15, 0.2) is 15.8 Å². The number of hydrogen-bond acceptors (Lipinski definition) is 8. The lowest BCUT2D eigenvalue weighted by Gasteiger charge is -2.28. The summed E-state index contributed by atoms with van der Waals surface area (Å²) in [6.07, 6.45) is 1.52.